The minimum absolute atomic E-state index is 0.0853. The first-order valence-corrected chi connectivity index (χ1v) is 11.7. The smallest absolute Gasteiger partial charge is 0.264 e. The van der Waals surface area contributed by atoms with Crippen LogP contribution in [0.15, 0.2) is 47.4 Å². The number of nitrogens with one attached hydrogen (secondary N) is 1. The van der Waals surface area contributed by atoms with Gasteiger partial charge in [-0.2, -0.15) is 4.31 Å². The minimum atomic E-state index is -4.08. The van der Waals surface area contributed by atoms with Gasteiger partial charge in [0.15, 0.2) is 0 Å². The van der Waals surface area contributed by atoms with Gasteiger partial charge in [0.1, 0.15) is 10.7 Å². The number of halogens is 1. The van der Waals surface area contributed by atoms with Crippen LogP contribution in [0, 0.1) is 5.82 Å². The molecule has 0 saturated carbocycles. The lowest BCUT2D eigenvalue weighted by molar-refractivity contribution is 0.391. The number of hydrogen-bond acceptors (Lipinski definition) is 4. The van der Waals surface area contributed by atoms with Crippen molar-refractivity contribution in [2.24, 2.45) is 0 Å². The van der Waals surface area contributed by atoms with Crippen LogP contribution in [0.5, 0.6) is 0 Å². The third-order valence-electron chi connectivity index (χ3n) is 4.42. The summed E-state index contributed by atoms with van der Waals surface area (Å²) in [6, 6.07) is 10.1. The summed E-state index contributed by atoms with van der Waals surface area (Å²) < 4.78 is 67.1. The van der Waals surface area contributed by atoms with E-state index in [1.807, 2.05) is 6.92 Å². The molecule has 0 unspecified atom stereocenters. The van der Waals surface area contributed by atoms with Crippen molar-refractivity contribution >= 4 is 25.7 Å². The summed E-state index contributed by atoms with van der Waals surface area (Å²) in [6.07, 6.45) is 1.10. The van der Waals surface area contributed by atoms with Gasteiger partial charge in [-0.15, -0.1) is 0 Å². The molecule has 0 radical (unpaired) electrons. The maximum Gasteiger partial charge on any atom is 0.264 e. The molecule has 1 heterocycles. The van der Waals surface area contributed by atoms with Gasteiger partial charge in [-0.25, -0.2) is 21.2 Å². The monoisotopic (exact) mass is 412 g/mol. The number of nitrogens with zero attached hydrogens (tertiary/aromatic N) is 1. The van der Waals surface area contributed by atoms with Crippen LogP contribution in [0.1, 0.15) is 24.5 Å². The summed E-state index contributed by atoms with van der Waals surface area (Å²) in [7, 11) is -7.41. The molecule has 27 heavy (non-hydrogen) atoms. The van der Waals surface area contributed by atoms with Gasteiger partial charge in [0.2, 0.25) is 10.0 Å². The van der Waals surface area contributed by atoms with E-state index in [2.05, 4.69) is 4.72 Å². The lowest BCUT2D eigenvalue weighted by Crippen LogP contribution is -2.37. The van der Waals surface area contributed by atoms with Crippen LogP contribution >= 0.6 is 0 Å². The molecular formula is C18H21FN2O4S2. The topological polar surface area (TPSA) is 83.6 Å². The zero-order chi connectivity index (χ0) is 19.7. The van der Waals surface area contributed by atoms with Gasteiger partial charge in [-0.1, -0.05) is 25.1 Å². The molecule has 146 valence electrons. The van der Waals surface area contributed by atoms with Crippen molar-refractivity contribution in [3.05, 3.63) is 59.4 Å². The predicted octanol–water partition coefficient (Wildman–Crippen LogP) is 2.72. The zero-order valence-electron chi connectivity index (χ0n) is 14.9. The largest absolute Gasteiger partial charge is 0.280 e. The maximum absolute atomic E-state index is 13.8. The molecule has 0 fully saturated rings. The van der Waals surface area contributed by atoms with Gasteiger partial charge >= 0.3 is 0 Å². The van der Waals surface area contributed by atoms with E-state index in [-0.39, 0.29) is 18.0 Å². The maximum atomic E-state index is 13.8. The van der Waals surface area contributed by atoms with E-state index in [0.29, 0.717) is 19.4 Å². The van der Waals surface area contributed by atoms with E-state index in [1.54, 1.807) is 18.2 Å². The Labute approximate surface area is 159 Å². The summed E-state index contributed by atoms with van der Waals surface area (Å²) >= 11 is 0. The van der Waals surface area contributed by atoms with Crippen LogP contribution in [-0.2, 0) is 33.0 Å². The first kappa shape index (κ1) is 19.8. The number of fused-ring (bicyclic) bond motifs is 1. The highest BCUT2D eigenvalue weighted by Gasteiger charge is 2.26. The Bertz CT molecular complexity index is 1050. The molecule has 0 saturated heterocycles. The lowest BCUT2D eigenvalue weighted by Gasteiger charge is -2.28. The van der Waals surface area contributed by atoms with Crippen LogP contribution in [-0.4, -0.2) is 33.4 Å². The summed E-state index contributed by atoms with van der Waals surface area (Å²) in [5.41, 5.74) is 1.99. The molecule has 0 spiro atoms. The molecular weight excluding hydrogens is 391 g/mol. The zero-order valence-corrected chi connectivity index (χ0v) is 16.5. The van der Waals surface area contributed by atoms with Crippen LogP contribution in [0.2, 0.25) is 0 Å². The highest BCUT2D eigenvalue weighted by Crippen LogP contribution is 2.26. The minimum Gasteiger partial charge on any atom is -0.280 e. The Morgan fingerprint density at radius 3 is 2.52 bits per heavy atom. The Balaban J connectivity index is 1.86. The molecule has 2 aromatic rings. The number of sulfonamides is 2. The molecule has 0 atom stereocenters. The van der Waals surface area contributed by atoms with Crippen molar-refractivity contribution in [3.63, 3.8) is 0 Å². The molecule has 0 bridgehead atoms. The van der Waals surface area contributed by atoms with Crippen molar-refractivity contribution in [1.82, 2.24) is 4.31 Å². The fourth-order valence-electron chi connectivity index (χ4n) is 3.09. The van der Waals surface area contributed by atoms with Gasteiger partial charge in [-0.3, -0.25) is 4.72 Å². The van der Waals surface area contributed by atoms with Crippen LogP contribution in [0.25, 0.3) is 0 Å². The second kappa shape index (κ2) is 7.57. The summed E-state index contributed by atoms with van der Waals surface area (Å²) in [4.78, 5) is -0.435. The van der Waals surface area contributed by atoms with Gasteiger partial charge in [0.05, 0.1) is 5.75 Å². The van der Waals surface area contributed by atoms with E-state index >= 15 is 0 Å². The molecule has 0 aromatic heterocycles. The third-order valence-corrected chi connectivity index (χ3v) is 7.85. The first-order chi connectivity index (χ1) is 12.7. The molecule has 1 aliphatic rings. The normalized spacial score (nSPS) is 15.3. The molecule has 0 amide bonds. The second-order valence-electron chi connectivity index (χ2n) is 6.42. The molecule has 9 heteroatoms. The predicted molar refractivity (Wildman–Crippen MR) is 102 cm³/mol. The Morgan fingerprint density at radius 2 is 1.81 bits per heavy atom. The Kier molecular flexibility index (Phi) is 5.55. The molecule has 1 N–H and O–H groups in total. The van der Waals surface area contributed by atoms with Crippen molar-refractivity contribution in [2.75, 3.05) is 17.0 Å². The van der Waals surface area contributed by atoms with E-state index in [1.165, 1.54) is 22.5 Å². The standard InChI is InChI=1S/C18H21FN2O4S2/c1-2-11-26(22,23)21-10-9-14-7-8-16(12-15(14)13-21)20-27(24,25)18-6-4-3-5-17(18)19/h3-8,12,20H,2,9-11,13H2,1H3. The quantitative estimate of drug-likeness (QED) is 0.791. The van der Waals surface area contributed by atoms with Gasteiger partial charge < -0.3 is 0 Å². The molecule has 0 aliphatic carbocycles. The number of benzene rings is 2. The van der Waals surface area contributed by atoms with Crippen LogP contribution < -0.4 is 4.72 Å². The van der Waals surface area contributed by atoms with Crippen molar-refractivity contribution < 1.29 is 21.2 Å². The molecule has 1 aliphatic heterocycles. The lowest BCUT2D eigenvalue weighted by atomic mass is 10.0. The van der Waals surface area contributed by atoms with Gasteiger partial charge in [0.25, 0.3) is 10.0 Å². The van der Waals surface area contributed by atoms with Crippen molar-refractivity contribution in [2.45, 2.75) is 31.2 Å². The average molecular weight is 413 g/mol. The number of rotatable bonds is 6. The highest BCUT2D eigenvalue weighted by molar-refractivity contribution is 7.92. The fraction of sp³-hybridized carbons (Fsp3) is 0.333. The molecule has 6 nitrogen and oxygen atoms in total. The first-order valence-electron chi connectivity index (χ1n) is 8.60. The van der Waals surface area contributed by atoms with Gasteiger partial charge in [-0.05, 0) is 48.2 Å². The van der Waals surface area contributed by atoms with E-state index < -0.39 is 30.8 Å². The molecule has 2 aromatic carbocycles. The molecule has 3 rings (SSSR count). The van der Waals surface area contributed by atoms with Crippen LogP contribution in [0.4, 0.5) is 10.1 Å². The van der Waals surface area contributed by atoms with E-state index in [4.69, 9.17) is 0 Å². The van der Waals surface area contributed by atoms with E-state index in [9.17, 15) is 21.2 Å². The second-order valence-corrected chi connectivity index (χ2v) is 10.2. The average Bonchev–Trinajstić information content (AvgIpc) is 2.61. The summed E-state index contributed by atoms with van der Waals surface area (Å²) in [5.74, 6) is -0.748. The highest BCUT2D eigenvalue weighted by atomic mass is 32.2. The third kappa shape index (κ3) is 4.31. The summed E-state index contributed by atoms with van der Waals surface area (Å²) in [6.45, 7) is 2.42. The van der Waals surface area contributed by atoms with Crippen LogP contribution in [0.3, 0.4) is 0 Å². The SMILES string of the molecule is CCCS(=O)(=O)N1CCc2ccc(NS(=O)(=O)c3ccccc3F)cc2C1. The Hall–Kier alpha value is -1.97. The van der Waals surface area contributed by atoms with Crippen molar-refractivity contribution in [1.29, 1.82) is 0 Å². The number of anilines is 1. The van der Waals surface area contributed by atoms with E-state index in [0.717, 1.165) is 17.2 Å². The van der Waals surface area contributed by atoms with Gasteiger partial charge in [0, 0.05) is 18.8 Å². The van der Waals surface area contributed by atoms with Crippen molar-refractivity contribution in [3.8, 4) is 0 Å². The Morgan fingerprint density at radius 1 is 1.07 bits per heavy atom. The number of hydrogen-bond donors (Lipinski definition) is 1. The fourth-order valence-corrected chi connectivity index (χ4v) is 5.70. The summed E-state index contributed by atoms with van der Waals surface area (Å²) in [5, 5.41) is 0.